The lowest BCUT2D eigenvalue weighted by atomic mass is 10.2. The number of sulfonamides is 1. The summed E-state index contributed by atoms with van der Waals surface area (Å²) in [5.41, 5.74) is 0.981. The largest absolute Gasteiger partial charge is 0.395 e. The Kier molecular flexibility index (Phi) is 6.90. The molecule has 0 aliphatic carbocycles. The Morgan fingerprint density at radius 2 is 1.90 bits per heavy atom. The van der Waals surface area contributed by atoms with Gasteiger partial charge in [-0.1, -0.05) is 23.2 Å². The highest BCUT2D eigenvalue weighted by Gasteiger charge is 2.29. The van der Waals surface area contributed by atoms with E-state index in [-0.39, 0.29) is 36.2 Å². The molecule has 0 aliphatic rings. The second kappa shape index (κ2) is 7.76. The molecule has 120 valence electrons. The van der Waals surface area contributed by atoms with Crippen LogP contribution in [0.2, 0.25) is 10.0 Å². The summed E-state index contributed by atoms with van der Waals surface area (Å²) in [6.45, 7) is 3.31. The maximum Gasteiger partial charge on any atom is 0.245 e. The summed E-state index contributed by atoms with van der Waals surface area (Å²) in [5, 5.41) is 9.58. The van der Waals surface area contributed by atoms with Crippen LogP contribution < -0.4 is 0 Å². The molecule has 1 N–H and O–H groups in total. The van der Waals surface area contributed by atoms with E-state index >= 15 is 0 Å². The normalized spacial score (nSPS) is 12.1. The number of aryl methyl sites for hydroxylation is 1. The van der Waals surface area contributed by atoms with Gasteiger partial charge in [-0.15, -0.1) is 0 Å². The number of hydrogen-bond donors (Lipinski definition) is 1. The van der Waals surface area contributed by atoms with Crippen LogP contribution in [0.5, 0.6) is 0 Å². The van der Waals surface area contributed by atoms with Gasteiger partial charge in [0.2, 0.25) is 10.0 Å². The Morgan fingerprint density at radius 1 is 1.29 bits per heavy atom. The van der Waals surface area contributed by atoms with Crippen LogP contribution in [-0.2, 0) is 14.8 Å². The minimum absolute atomic E-state index is 0.0151. The molecule has 21 heavy (non-hydrogen) atoms. The molecule has 0 saturated heterocycles. The van der Waals surface area contributed by atoms with E-state index in [0.717, 1.165) is 4.31 Å². The van der Waals surface area contributed by atoms with Crippen LogP contribution in [0.4, 0.5) is 0 Å². The number of aliphatic hydroxyl groups excluding tert-OH is 1. The third kappa shape index (κ3) is 4.09. The topological polar surface area (TPSA) is 66.8 Å². The minimum Gasteiger partial charge on any atom is -0.395 e. The van der Waals surface area contributed by atoms with Crippen LogP contribution >= 0.6 is 23.2 Å². The van der Waals surface area contributed by atoms with Gasteiger partial charge in [-0.25, -0.2) is 8.42 Å². The molecule has 0 saturated carbocycles. The van der Waals surface area contributed by atoms with Gasteiger partial charge in [-0.2, -0.15) is 4.31 Å². The zero-order valence-electron chi connectivity index (χ0n) is 12.2. The second-order valence-corrected chi connectivity index (χ2v) is 7.22. The van der Waals surface area contributed by atoms with Gasteiger partial charge in [0.05, 0.1) is 18.2 Å². The smallest absolute Gasteiger partial charge is 0.245 e. The molecule has 0 amide bonds. The van der Waals surface area contributed by atoms with E-state index in [1.165, 1.54) is 7.11 Å². The molecule has 0 atom stereocenters. The van der Waals surface area contributed by atoms with Gasteiger partial charge in [-0.3, -0.25) is 0 Å². The molecule has 0 spiro atoms. The number of halogens is 2. The lowest BCUT2D eigenvalue weighted by molar-refractivity contribution is 0.168. The number of benzene rings is 1. The molecule has 0 fully saturated rings. The Balaban J connectivity index is 3.41. The number of aliphatic hydroxyl groups is 1. The van der Waals surface area contributed by atoms with E-state index in [4.69, 9.17) is 33.0 Å². The maximum absolute atomic E-state index is 12.8. The lowest BCUT2D eigenvalue weighted by Gasteiger charge is -2.23. The summed E-state index contributed by atoms with van der Waals surface area (Å²) in [6.07, 6.45) is 0. The van der Waals surface area contributed by atoms with Crippen molar-refractivity contribution in [2.75, 3.05) is 33.4 Å². The van der Waals surface area contributed by atoms with Crippen LogP contribution in [0.15, 0.2) is 11.0 Å². The summed E-state index contributed by atoms with van der Waals surface area (Å²) in [5.74, 6) is 0. The summed E-state index contributed by atoms with van der Waals surface area (Å²) in [6, 6.07) is 1.63. The van der Waals surface area contributed by atoms with Gasteiger partial charge in [0.25, 0.3) is 0 Å². The summed E-state index contributed by atoms with van der Waals surface area (Å²) >= 11 is 12.2. The van der Waals surface area contributed by atoms with E-state index < -0.39 is 10.0 Å². The lowest BCUT2D eigenvalue weighted by Crippen LogP contribution is -2.36. The fraction of sp³-hybridized carbons (Fsp3) is 0.538. The third-order valence-corrected chi connectivity index (χ3v) is 6.14. The Hall–Kier alpha value is -0.370. The molecule has 0 radical (unpaired) electrons. The predicted molar refractivity (Wildman–Crippen MR) is 83.7 cm³/mol. The fourth-order valence-electron chi connectivity index (χ4n) is 1.91. The van der Waals surface area contributed by atoms with Crippen molar-refractivity contribution in [3.8, 4) is 0 Å². The van der Waals surface area contributed by atoms with E-state index in [2.05, 4.69) is 0 Å². The SMILES string of the molecule is COCCN(CCO)S(=O)(=O)c1c(C)c(Cl)cc(C)c1Cl. The molecule has 0 bridgehead atoms. The van der Waals surface area contributed by atoms with Crippen molar-refractivity contribution >= 4 is 33.2 Å². The monoisotopic (exact) mass is 355 g/mol. The zero-order valence-corrected chi connectivity index (χ0v) is 14.5. The van der Waals surface area contributed by atoms with E-state index in [9.17, 15) is 8.42 Å². The molecular formula is C13H19Cl2NO4S. The summed E-state index contributed by atoms with van der Waals surface area (Å²) in [7, 11) is -2.39. The van der Waals surface area contributed by atoms with E-state index in [1.54, 1.807) is 19.9 Å². The number of hydrogen-bond acceptors (Lipinski definition) is 4. The number of nitrogens with zero attached hydrogens (tertiary/aromatic N) is 1. The highest BCUT2D eigenvalue weighted by Crippen LogP contribution is 2.35. The van der Waals surface area contributed by atoms with Gasteiger partial charge in [0.15, 0.2) is 0 Å². The summed E-state index contributed by atoms with van der Waals surface area (Å²) < 4.78 is 31.6. The molecule has 8 heteroatoms. The molecule has 0 heterocycles. The van der Waals surface area contributed by atoms with Crippen LogP contribution in [0.25, 0.3) is 0 Å². The van der Waals surface area contributed by atoms with Crippen LogP contribution in [0, 0.1) is 13.8 Å². The zero-order chi connectivity index (χ0) is 16.2. The number of methoxy groups -OCH3 is 1. The molecule has 1 aromatic rings. The van der Waals surface area contributed by atoms with Gasteiger partial charge >= 0.3 is 0 Å². The van der Waals surface area contributed by atoms with Crippen LogP contribution in [0.1, 0.15) is 11.1 Å². The van der Waals surface area contributed by atoms with Gasteiger partial charge in [0, 0.05) is 25.2 Å². The standard InChI is InChI=1S/C13H19Cl2NO4S/c1-9-8-11(14)10(2)13(12(9)15)21(18,19)16(4-6-17)5-7-20-3/h8,17H,4-7H2,1-3H3. The number of rotatable bonds is 7. The minimum atomic E-state index is -3.86. The fourth-order valence-corrected chi connectivity index (χ4v) is 4.49. The average molecular weight is 356 g/mol. The van der Waals surface area contributed by atoms with Crippen molar-refractivity contribution < 1.29 is 18.3 Å². The van der Waals surface area contributed by atoms with Gasteiger partial charge in [0.1, 0.15) is 4.90 Å². The number of ether oxygens (including phenoxy) is 1. The molecule has 0 aliphatic heterocycles. The molecule has 1 rings (SSSR count). The van der Waals surface area contributed by atoms with Gasteiger partial charge < -0.3 is 9.84 Å². The van der Waals surface area contributed by atoms with Crippen LogP contribution in [-0.4, -0.2) is 51.2 Å². The second-order valence-electron chi connectivity index (χ2n) is 4.56. The first kappa shape index (κ1) is 18.7. The van der Waals surface area contributed by atoms with E-state index in [1.807, 2.05) is 0 Å². The third-order valence-electron chi connectivity index (χ3n) is 3.08. The Labute approximate surface area is 135 Å². The first-order valence-electron chi connectivity index (χ1n) is 6.32. The van der Waals surface area contributed by atoms with Crippen molar-refractivity contribution in [2.45, 2.75) is 18.7 Å². The first-order chi connectivity index (χ1) is 9.77. The van der Waals surface area contributed by atoms with Crippen LogP contribution in [0.3, 0.4) is 0 Å². The molecule has 0 aromatic heterocycles. The van der Waals surface area contributed by atoms with Crippen molar-refractivity contribution in [2.24, 2.45) is 0 Å². The molecular weight excluding hydrogens is 337 g/mol. The highest BCUT2D eigenvalue weighted by molar-refractivity contribution is 7.89. The van der Waals surface area contributed by atoms with Gasteiger partial charge in [-0.05, 0) is 31.0 Å². The Bertz CT molecular complexity index is 578. The predicted octanol–water partition coefficient (Wildman–Crippen LogP) is 2.24. The maximum atomic E-state index is 12.8. The molecule has 1 aromatic carbocycles. The average Bonchev–Trinajstić information content (AvgIpc) is 2.41. The quantitative estimate of drug-likeness (QED) is 0.814. The summed E-state index contributed by atoms with van der Waals surface area (Å²) in [4.78, 5) is -0.0151. The van der Waals surface area contributed by atoms with Crippen molar-refractivity contribution in [1.82, 2.24) is 4.31 Å². The van der Waals surface area contributed by atoms with Crippen molar-refractivity contribution in [1.29, 1.82) is 0 Å². The molecule has 5 nitrogen and oxygen atoms in total. The molecule has 0 unspecified atom stereocenters. The van der Waals surface area contributed by atoms with Crippen molar-refractivity contribution in [3.63, 3.8) is 0 Å². The highest BCUT2D eigenvalue weighted by atomic mass is 35.5. The van der Waals surface area contributed by atoms with Crippen molar-refractivity contribution in [3.05, 3.63) is 27.2 Å². The first-order valence-corrected chi connectivity index (χ1v) is 8.52. The Morgan fingerprint density at radius 3 is 2.43 bits per heavy atom. The van der Waals surface area contributed by atoms with E-state index in [0.29, 0.717) is 16.1 Å².